The monoisotopic (exact) mass is 913 g/mol. The van der Waals surface area contributed by atoms with Crippen LogP contribution in [0, 0.1) is 0 Å². The summed E-state index contributed by atoms with van der Waals surface area (Å²) >= 11 is 0. The second-order valence-corrected chi connectivity index (χ2v) is 20.3. The molecule has 0 aliphatic carbocycles. The molecule has 336 valence electrons. The first-order chi connectivity index (χ1) is 35.5. The van der Waals surface area contributed by atoms with Gasteiger partial charge in [-0.1, -0.05) is 261 Å². The van der Waals surface area contributed by atoms with Crippen molar-refractivity contribution < 1.29 is 0 Å². The van der Waals surface area contributed by atoms with E-state index in [1.165, 1.54) is 128 Å². The van der Waals surface area contributed by atoms with Gasteiger partial charge < -0.3 is 4.90 Å². The van der Waals surface area contributed by atoms with Gasteiger partial charge in [-0.25, -0.2) is 0 Å². The van der Waals surface area contributed by atoms with Crippen LogP contribution in [0.3, 0.4) is 0 Å². The molecule has 11 aromatic carbocycles. The molecule has 3 heterocycles. The number of anilines is 3. The molecule has 0 amide bonds. The summed E-state index contributed by atoms with van der Waals surface area (Å²) in [6, 6.07) is 97.8. The molecular formula is C69H49B2N. The highest BCUT2D eigenvalue weighted by atomic mass is 15.2. The Bertz CT molecular complexity index is 3500. The van der Waals surface area contributed by atoms with E-state index in [1.54, 1.807) is 0 Å². The van der Waals surface area contributed by atoms with E-state index in [0.717, 1.165) is 0 Å². The summed E-state index contributed by atoms with van der Waals surface area (Å²) in [4.78, 5) is 2.71. The van der Waals surface area contributed by atoms with Gasteiger partial charge in [0.15, 0.2) is 0 Å². The molecule has 0 N–H and O–H groups in total. The topological polar surface area (TPSA) is 3.24 Å². The molecular weight excluding hydrogens is 864 g/mol. The Morgan fingerprint density at radius 3 is 0.833 bits per heavy atom. The summed E-state index contributed by atoms with van der Waals surface area (Å²) in [5.41, 5.74) is 29.0. The minimum absolute atomic E-state index is 0.104. The maximum atomic E-state index is 2.71. The van der Waals surface area contributed by atoms with Gasteiger partial charge in [-0.15, -0.1) is 0 Å². The van der Waals surface area contributed by atoms with E-state index in [9.17, 15) is 0 Å². The van der Waals surface area contributed by atoms with Crippen molar-refractivity contribution in [1.29, 1.82) is 0 Å². The van der Waals surface area contributed by atoms with Crippen LogP contribution >= 0.6 is 0 Å². The predicted molar refractivity (Wildman–Crippen MR) is 308 cm³/mol. The summed E-state index contributed by atoms with van der Waals surface area (Å²) in [5, 5.41) is 0. The second kappa shape index (κ2) is 16.8. The van der Waals surface area contributed by atoms with Crippen LogP contribution in [0.5, 0.6) is 0 Å². The predicted octanol–water partition coefficient (Wildman–Crippen LogP) is 13.5. The Morgan fingerprint density at radius 1 is 0.264 bits per heavy atom. The normalized spacial score (nSPS) is 13.4. The maximum absolute atomic E-state index is 2.71. The molecule has 0 bridgehead atoms. The molecule has 0 radical (unpaired) electrons. The Labute approximate surface area is 423 Å². The Kier molecular flexibility index (Phi) is 9.83. The molecule has 0 saturated heterocycles. The van der Waals surface area contributed by atoms with Crippen molar-refractivity contribution in [2.75, 3.05) is 4.90 Å². The first-order valence-electron chi connectivity index (χ1n) is 25.4. The maximum Gasteiger partial charge on any atom is 0.248 e. The van der Waals surface area contributed by atoms with Gasteiger partial charge >= 0.3 is 0 Å². The molecule has 14 rings (SSSR count). The van der Waals surface area contributed by atoms with Gasteiger partial charge in [0.05, 0.1) is 0 Å². The van der Waals surface area contributed by atoms with Crippen LogP contribution in [0.1, 0.15) is 25.0 Å². The molecule has 72 heavy (non-hydrogen) atoms. The molecule has 0 spiro atoms. The third-order valence-corrected chi connectivity index (χ3v) is 16.0. The van der Waals surface area contributed by atoms with Gasteiger partial charge in [0.1, 0.15) is 0 Å². The Hall–Kier alpha value is -8.65. The molecule has 0 atom stereocenters. The van der Waals surface area contributed by atoms with Crippen LogP contribution in [0.25, 0.3) is 66.8 Å². The smallest absolute Gasteiger partial charge is 0.248 e. The molecule has 0 saturated carbocycles. The highest BCUT2D eigenvalue weighted by molar-refractivity contribution is 7.03. The van der Waals surface area contributed by atoms with Crippen LogP contribution in [-0.4, -0.2) is 13.4 Å². The Morgan fingerprint density at radius 2 is 0.528 bits per heavy atom. The first kappa shape index (κ1) is 42.2. The number of benzene rings is 11. The lowest BCUT2D eigenvalue weighted by molar-refractivity contribution is 0.633. The summed E-state index contributed by atoms with van der Waals surface area (Å²) in [5.74, 6) is 0. The lowest BCUT2D eigenvalue weighted by Gasteiger charge is -2.51. The van der Waals surface area contributed by atoms with E-state index >= 15 is 0 Å². The van der Waals surface area contributed by atoms with Crippen LogP contribution in [0.15, 0.2) is 261 Å². The third-order valence-electron chi connectivity index (χ3n) is 16.0. The van der Waals surface area contributed by atoms with Gasteiger partial charge in [-0.2, -0.15) is 0 Å². The highest BCUT2D eigenvalue weighted by Gasteiger charge is 2.51. The fourth-order valence-corrected chi connectivity index (χ4v) is 12.8. The van der Waals surface area contributed by atoms with Crippen LogP contribution < -0.4 is 37.7 Å². The summed E-state index contributed by atoms with van der Waals surface area (Å²) in [6.45, 7) is 4.70. The van der Waals surface area contributed by atoms with Crippen LogP contribution in [0.2, 0.25) is 0 Å². The van der Waals surface area contributed by atoms with E-state index in [2.05, 4.69) is 280 Å². The van der Waals surface area contributed by atoms with Crippen molar-refractivity contribution >= 4 is 63.3 Å². The van der Waals surface area contributed by atoms with Gasteiger partial charge in [-0.3, -0.25) is 0 Å². The first-order valence-corrected chi connectivity index (χ1v) is 25.4. The third kappa shape index (κ3) is 6.50. The summed E-state index contributed by atoms with van der Waals surface area (Å²) in [6.07, 6.45) is 0. The van der Waals surface area contributed by atoms with Crippen molar-refractivity contribution in [3.8, 4) is 66.8 Å². The SMILES string of the molecule is CC1(C)c2cccc3c2N2c4c(cccc4B(c4c(-c5ccccc5)cc(-c5ccccc5)cc4-c4ccccc4)c4cccc1c42)B3c1c(-c2ccccc2)cc(-c2ccccc2)cc1-c1ccccc1. The van der Waals surface area contributed by atoms with Crippen LogP contribution in [0.4, 0.5) is 17.1 Å². The number of para-hydroxylation sites is 3. The fourth-order valence-electron chi connectivity index (χ4n) is 12.8. The fraction of sp³-hybridized carbons (Fsp3) is 0.0435. The molecule has 0 fully saturated rings. The van der Waals surface area contributed by atoms with Crippen molar-refractivity contribution in [2.45, 2.75) is 19.3 Å². The standard InChI is InChI=1S/C69H49B2N/c1-69(2)58-36-21-38-60-66(58)72-67-59(69)37-22-39-61(67)71(65-56(50-32-17-7-18-33-50)44-53(47-26-11-4-12-27-47)45-57(65)51-34-19-8-20-35-51)63-41-23-40-62(68(63)72)70(60)64-54(48-28-13-5-14-29-48)42-52(46-24-9-3-10-25-46)43-55(64)49-30-15-6-16-31-49/h3-45H,1-2H3. The van der Waals surface area contributed by atoms with Crippen LogP contribution in [-0.2, 0) is 5.41 Å². The summed E-state index contributed by atoms with van der Waals surface area (Å²) in [7, 11) is 0. The van der Waals surface area contributed by atoms with E-state index in [4.69, 9.17) is 0 Å². The summed E-state index contributed by atoms with van der Waals surface area (Å²) < 4.78 is 0. The van der Waals surface area contributed by atoms with E-state index < -0.39 is 0 Å². The highest BCUT2D eigenvalue weighted by Crippen LogP contribution is 2.53. The molecule has 0 unspecified atom stereocenters. The zero-order chi connectivity index (χ0) is 47.9. The largest absolute Gasteiger partial charge is 0.312 e. The average Bonchev–Trinajstić information content (AvgIpc) is 3.46. The van der Waals surface area contributed by atoms with E-state index in [1.807, 2.05) is 0 Å². The van der Waals surface area contributed by atoms with E-state index in [0.29, 0.717) is 0 Å². The minimum atomic E-state index is -0.296. The zero-order valence-electron chi connectivity index (χ0n) is 40.4. The molecule has 3 aliphatic rings. The lowest BCUT2D eigenvalue weighted by atomic mass is 9.28. The zero-order valence-corrected chi connectivity index (χ0v) is 40.4. The molecule has 3 heteroatoms. The second-order valence-electron chi connectivity index (χ2n) is 20.3. The van der Waals surface area contributed by atoms with Gasteiger partial charge in [0.25, 0.3) is 0 Å². The van der Waals surface area contributed by atoms with Gasteiger partial charge in [0, 0.05) is 22.5 Å². The van der Waals surface area contributed by atoms with Crippen molar-refractivity contribution in [3.63, 3.8) is 0 Å². The molecule has 0 aromatic heterocycles. The minimum Gasteiger partial charge on any atom is -0.312 e. The average molecular weight is 914 g/mol. The van der Waals surface area contributed by atoms with Crippen molar-refractivity contribution in [3.05, 3.63) is 272 Å². The number of hydrogen-bond acceptors (Lipinski definition) is 1. The van der Waals surface area contributed by atoms with Crippen molar-refractivity contribution in [1.82, 2.24) is 0 Å². The quantitative estimate of drug-likeness (QED) is 0.137. The number of hydrogen-bond donors (Lipinski definition) is 0. The molecule has 1 nitrogen and oxygen atoms in total. The number of nitrogens with zero attached hydrogens (tertiary/aromatic N) is 1. The van der Waals surface area contributed by atoms with Gasteiger partial charge in [0.2, 0.25) is 13.4 Å². The van der Waals surface area contributed by atoms with Crippen molar-refractivity contribution in [2.24, 2.45) is 0 Å². The van der Waals surface area contributed by atoms with Gasteiger partial charge in [-0.05, 0) is 124 Å². The number of rotatable bonds is 8. The van der Waals surface area contributed by atoms with E-state index in [-0.39, 0.29) is 18.8 Å². The molecule has 3 aliphatic heterocycles. The molecule has 11 aromatic rings. The Balaban J connectivity index is 1.13. The lowest BCUT2D eigenvalue weighted by Crippen LogP contribution is -2.67.